The number of aliphatic hydroxyl groups is 1. The Morgan fingerprint density at radius 3 is 2.71 bits per heavy atom. The molecule has 5 aliphatic rings. The van der Waals surface area contributed by atoms with Crippen LogP contribution < -0.4 is 0 Å². The highest BCUT2D eigenvalue weighted by molar-refractivity contribution is 5.19. The van der Waals surface area contributed by atoms with E-state index in [1.165, 1.54) is 64.2 Å². The predicted octanol–water partition coefficient (Wildman–Crippen LogP) is 5.73. The van der Waals surface area contributed by atoms with Gasteiger partial charge in [-0.25, -0.2) is 0 Å². The highest BCUT2D eigenvalue weighted by atomic mass is 16.3. The van der Waals surface area contributed by atoms with Gasteiger partial charge in [-0.2, -0.15) is 0 Å². The summed E-state index contributed by atoms with van der Waals surface area (Å²) < 4.78 is 0. The molecule has 0 heterocycles. The zero-order valence-electron chi connectivity index (χ0n) is 15.6. The van der Waals surface area contributed by atoms with Gasteiger partial charge in [0.1, 0.15) is 0 Å². The van der Waals surface area contributed by atoms with E-state index in [1.807, 2.05) is 0 Å². The molecule has 5 rings (SSSR count). The van der Waals surface area contributed by atoms with Gasteiger partial charge in [-0.3, -0.25) is 0 Å². The number of hydrogen-bond donors (Lipinski definition) is 1. The summed E-state index contributed by atoms with van der Waals surface area (Å²) in [4.78, 5) is 0. The maximum Gasteiger partial charge on any atom is 0.0543 e. The maximum atomic E-state index is 10.2. The van der Waals surface area contributed by atoms with Gasteiger partial charge in [-0.15, -0.1) is 0 Å². The maximum absolute atomic E-state index is 10.2. The zero-order valence-corrected chi connectivity index (χ0v) is 15.6. The Hall–Kier alpha value is -0.300. The van der Waals surface area contributed by atoms with Crippen LogP contribution in [0.3, 0.4) is 0 Å². The van der Waals surface area contributed by atoms with Crippen LogP contribution in [0.1, 0.15) is 84.0 Å². The van der Waals surface area contributed by atoms with Crippen LogP contribution in [0.25, 0.3) is 0 Å². The van der Waals surface area contributed by atoms with E-state index in [-0.39, 0.29) is 6.10 Å². The van der Waals surface area contributed by atoms with Gasteiger partial charge >= 0.3 is 0 Å². The number of rotatable bonds is 0. The molecule has 134 valence electrons. The van der Waals surface area contributed by atoms with Crippen LogP contribution in [0.2, 0.25) is 0 Å². The quantitative estimate of drug-likeness (QED) is 0.563. The average Bonchev–Trinajstić information content (AvgIpc) is 2.96. The highest BCUT2D eigenvalue weighted by Crippen LogP contribution is 2.70. The van der Waals surface area contributed by atoms with Crippen LogP contribution in [0.4, 0.5) is 0 Å². The highest BCUT2D eigenvalue weighted by Gasteiger charge is 2.62. The van der Waals surface area contributed by atoms with Crippen molar-refractivity contribution in [1.29, 1.82) is 0 Å². The third-order valence-electron chi connectivity index (χ3n) is 9.99. The molecule has 0 radical (unpaired) electrons. The Morgan fingerprint density at radius 1 is 0.958 bits per heavy atom. The van der Waals surface area contributed by atoms with Crippen molar-refractivity contribution in [3.63, 3.8) is 0 Å². The van der Waals surface area contributed by atoms with Crippen molar-refractivity contribution < 1.29 is 5.11 Å². The second-order valence-corrected chi connectivity index (χ2v) is 10.5. The normalized spacial score (nSPS) is 56.8. The van der Waals surface area contributed by atoms with E-state index in [1.54, 1.807) is 5.57 Å². The van der Waals surface area contributed by atoms with Crippen molar-refractivity contribution in [2.75, 3.05) is 0 Å². The van der Waals surface area contributed by atoms with Gasteiger partial charge in [0.15, 0.2) is 0 Å². The van der Waals surface area contributed by atoms with Crippen molar-refractivity contribution in [2.45, 2.75) is 90.1 Å². The number of hydrogen-bond acceptors (Lipinski definition) is 1. The summed E-state index contributed by atoms with van der Waals surface area (Å²) in [6.45, 7) is 7.12. The first kappa shape index (κ1) is 15.9. The van der Waals surface area contributed by atoms with E-state index in [0.717, 1.165) is 42.4 Å². The van der Waals surface area contributed by atoms with Crippen LogP contribution in [-0.4, -0.2) is 11.2 Å². The minimum atomic E-state index is -0.00733. The molecule has 1 spiro atoms. The zero-order chi connectivity index (χ0) is 16.5. The van der Waals surface area contributed by atoms with E-state index >= 15 is 0 Å². The molecule has 8 atom stereocenters. The molecule has 5 saturated carbocycles. The molecule has 24 heavy (non-hydrogen) atoms. The predicted molar refractivity (Wildman–Crippen MR) is 98.5 cm³/mol. The summed E-state index contributed by atoms with van der Waals surface area (Å²) in [6.07, 6.45) is 16.4. The Kier molecular flexibility index (Phi) is 3.55. The van der Waals surface area contributed by atoms with Crippen molar-refractivity contribution in [3.05, 3.63) is 12.2 Å². The van der Waals surface area contributed by atoms with Crippen molar-refractivity contribution in [2.24, 2.45) is 40.4 Å². The third kappa shape index (κ3) is 1.97. The fraction of sp³-hybridized carbons (Fsp3) is 0.913. The molecule has 0 aromatic carbocycles. The van der Waals surface area contributed by atoms with E-state index in [4.69, 9.17) is 0 Å². The first-order chi connectivity index (χ1) is 11.5. The molecule has 3 unspecified atom stereocenters. The minimum absolute atomic E-state index is 0.00733. The topological polar surface area (TPSA) is 20.2 Å². The first-order valence-electron chi connectivity index (χ1n) is 10.9. The molecule has 0 bridgehead atoms. The molecule has 1 nitrogen and oxygen atoms in total. The van der Waals surface area contributed by atoms with Crippen LogP contribution in [0.15, 0.2) is 12.2 Å². The molecule has 0 aliphatic heterocycles. The fourth-order valence-electron chi connectivity index (χ4n) is 8.96. The molecule has 0 saturated heterocycles. The molecule has 1 N–H and O–H groups in total. The molecule has 1 heteroatoms. The molecule has 0 amide bonds. The fourth-order valence-corrected chi connectivity index (χ4v) is 8.96. The average molecular weight is 329 g/mol. The van der Waals surface area contributed by atoms with Gasteiger partial charge in [-0.05, 0) is 117 Å². The summed E-state index contributed by atoms with van der Waals surface area (Å²) in [5.41, 5.74) is 2.81. The van der Waals surface area contributed by atoms with Gasteiger partial charge in [0.25, 0.3) is 0 Å². The summed E-state index contributed by atoms with van der Waals surface area (Å²) in [6, 6.07) is 0. The largest absolute Gasteiger partial charge is 0.393 e. The summed E-state index contributed by atoms with van der Waals surface area (Å²) in [5.74, 6) is 4.62. The molecule has 5 fully saturated rings. The molecule has 0 aromatic heterocycles. The van der Waals surface area contributed by atoms with Crippen LogP contribution in [0.5, 0.6) is 0 Å². The molecular weight excluding hydrogens is 292 g/mol. The third-order valence-corrected chi connectivity index (χ3v) is 9.99. The van der Waals surface area contributed by atoms with Crippen molar-refractivity contribution >= 4 is 0 Å². The number of aliphatic hydroxyl groups excluding tert-OH is 1. The lowest BCUT2D eigenvalue weighted by molar-refractivity contribution is -0.132. The SMILES string of the molecule is C=C1CCC[C@]23CCC4C(CC[C@H]5C[C@H](O)CC[C@]45C)C2CC[C@H]13. The Bertz CT molecular complexity index is 538. The van der Waals surface area contributed by atoms with Gasteiger partial charge in [0.2, 0.25) is 0 Å². The number of allylic oxidation sites excluding steroid dienone is 1. The van der Waals surface area contributed by atoms with Crippen molar-refractivity contribution in [1.82, 2.24) is 0 Å². The van der Waals surface area contributed by atoms with Gasteiger partial charge in [-0.1, -0.05) is 19.1 Å². The van der Waals surface area contributed by atoms with Crippen LogP contribution in [0, 0.1) is 40.4 Å². The van der Waals surface area contributed by atoms with Gasteiger partial charge in [0, 0.05) is 0 Å². The van der Waals surface area contributed by atoms with E-state index in [0.29, 0.717) is 10.8 Å². The second kappa shape index (κ2) is 5.35. The minimum Gasteiger partial charge on any atom is -0.393 e. The molecular formula is C23H36O. The molecule has 5 aliphatic carbocycles. The van der Waals surface area contributed by atoms with E-state index < -0.39 is 0 Å². The van der Waals surface area contributed by atoms with Gasteiger partial charge < -0.3 is 5.11 Å². The lowest BCUT2D eigenvalue weighted by Crippen LogP contribution is -2.54. The van der Waals surface area contributed by atoms with E-state index in [9.17, 15) is 5.11 Å². The summed E-state index contributed by atoms with van der Waals surface area (Å²) in [5, 5.41) is 10.2. The monoisotopic (exact) mass is 328 g/mol. The first-order valence-corrected chi connectivity index (χ1v) is 10.9. The second-order valence-electron chi connectivity index (χ2n) is 10.5. The van der Waals surface area contributed by atoms with Crippen molar-refractivity contribution in [3.8, 4) is 0 Å². The van der Waals surface area contributed by atoms with E-state index in [2.05, 4.69) is 13.5 Å². The molecule has 0 aromatic rings. The van der Waals surface area contributed by atoms with Gasteiger partial charge in [0.05, 0.1) is 6.10 Å². The Balaban J connectivity index is 1.46. The Morgan fingerprint density at radius 2 is 1.83 bits per heavy atom. The standard InChI is InChI=1S/C23H36O/c1-15-4-3-11-23-13-10-20-18(21(23)8-7-19(15)23)6-5-16-14-17(24)9-12-22(16,20)2/h16-21,24H,1,3-14H2,2H3/t16-,17+,18?,19+,20?,21?,22-,23+/m0/s1. The van der Waals surface area contributed by atoms with Crippen LogP contribution >= 0.6 is 0 Å². The smallest absolute Gasteiger partial charge is 0.0543 e. The summed E-state index contributed by atoms with van der Waals surface area (Å²) in [7, 11) is 0. The number of fused-ring (bicyclic) bond motifs is 4. The Labute approximate surface area is 148 Å². The van der Waals surface area contributed by atoms with Crippen LogP contribution in [-0.2, 0) is 0 Å². The summed E-state index contributed by atoms with van der Waals surface area (Å²) >= 11 is 0. The lowest BCUT2D eigenvalue weighted by Gasteiger charge is -2.62. The lowest BCUT2D eigenvalue weighted by atomic mass is 9.43.